The molecule has 0 saturated carbocycles. The van der Waals surface area contributed by atoms with Crippen LogP contribution < -0.4 is 0 Å². The van der Waals surface area contributed by atoms with E-state index in [1.165, 1.54) is 9.79 Å². The fourth-order valence-corrected chi connectivity index (χ4v) is 2.79. The third-order valence-electron chi connectivity index (χ3n) is 2.19. The second-order valence-corrected chi connectivity index (χ2v) is 7.97. The molecule has 0 radical (unpaired) electrons. The zero-order chi connectivity index (χ0) is 16.2. The first-order valence-electron chi connectivity index (χ1n) is 5.65. The van der Waals surface area contributed by atoms with Crippen molar-refractivity contribution in [2.45, 2.75) is 9.79 Å². The Morgan fingerprint density at radius 3 is 1.10 bits per heavy atom. The molecule has 21 heavy (non-hydrogen) atoms. The molecule has 0 N–H and O–H groups in total. The summed E-state index contributed by atoms with van der Waals surface area (Å²) in [6.45, 7) is 0. The number of hydrogen-bond acceptors (Lipinski definition) is 0. The summed E-state index contributed by atoms with van der Waals surface area (Å²) in [7, 11) is -10.5. The van der Waals surface area contributed by atoms with E-state index in [-0.39, 0.29) is 10.9 Å². The Labute approximate surface area is 121 Å². The summed E-state index contributed by atoms with van der Waals surface area (Å²) in [5.41, 5.74) is 0. The predicted molar refractivity (Wildman–Crippen MR) is 76.3 cm³/mol. The molecule has 0 aliphatic carbocycles. The maximum absolute atomic E-state index is 10.7. The van der Waals surface area contributed by atoms with Gasteiger partial charge in [0.05, 0.1) is 10.9 Å². The van der Waals surface area contributed by atoms with E-state index in [0.29, 0.717) is 0 Å². The Kier molecular flexibility index (Phi) is 4.71. The fraction of sp³-hybridized carbons (Fsp3) is 0.0769. The van der Waals surface area contributed by atoms with Gasteiger partial charge in [-0.05, 0) is 24.3 Å². The molecule has 0 heterocycles. The predicted octanol–water partition coefficient (Wildman–Crippen LogP) is 6.74. The quantitative estimate of drug-likeness (QED) is 0.321. The van der Waals surface area contributed by atoms with E-state index < -0.39 is 7.81 Å². The van der Waals surface area contributed by atoms with E-state index in [9.17, 15) is 25.2 Å². The molecule has 0 nitrogen and oxygen atoms in total. The molecule has 0 aliphatic heterocycles. The summed E-state index contributed by atoms with van der Waals surface area (Å²) in [4.78, 5) is 2.80. The van der Waals surface area contributed by atoms with Gasteiger partial charge >= 0.3 is 33.0 Å². The van der Waals surface area contributed by atoms with Crippen molar-refractivity contribution in [2.24, 2.45) is 0 Å². The number of halogens is 6. The van der Waals surface area contributed by atoms with Gasteiger partial charge in [0.1, 0.15) is 6.26 Å². The zero-order valence-electron chi connectivity index (χ0n) is 10.9. The van der Waals surface area contributed by atoms with Crippen molar-refractivity contribution < 1.29 is 25.2 Å². The van der Waals surface area contributed by atoms with Gasteiger partial charge in [0.15, 0.2) is 9.79 Å². The molecule has 0 bridgehead atoms. The molecule has 2 aromatic carbocycles. The van der Waals surface area contributed by atoms with Crippen LogP contribution in [0.3, 0.4) is 0 Å². The third kappa shape index (κ3) is 10.2. The Morgan fingerprint density at radius 2 is 0.857 bits per heavy atom. The van der Waals surface area contributed by atoms with Crippen LogP contribution in [0, 0.1) is 0 Å². The molecule has 0 aromatic heterocycles. The summed E-state index contributed by atoms with van der Waals surface area (Å²) in [5, 5.41) is 0. The summed E-state index contributed by atoms with van der Waals surface area (Å²) < 4.78 is 59.2. The Morgan fingerprint density at radius 1 is 0.619 bits per heavy atom. The maximum atomic E-state index is 9.87. The summed E-state index contributed by atoms with van der Waals surface area (Å²) in [6, 6.07) is 21.3. The van der Waals surface area contributed by atoms with Crippen LogP contribution in [0.4, 0.5) is 25.2 Å². The van der Waals surface area contributed by atoms with Crippen molar-refractivity contribution in [3.8, 4) is 0 Å². The topological polar surface area (TPSA) is 0 Å². The fourth-order valence-electron chi connectivity index (χ4n) is 1.39. The van der Waals surface area contributed by atoms with Gasteiger partial charge in [-0.2, -0.15) is 0 Å². The van der Waals surface area contributed by atoms with Crippen molar-refractivity contribution >= 4 is 18.7 Å². The molecule has 0 amide bonds. The van der Waals surface area contributed by atoms with E-state index in [4.69, 9.17) is 0 Å². The third-order valence-corrected chi connectivity index (χ3v) is 4.15. The SMILES string of the molecule is C[S+](c1ccccc1)c1ccccc1.F[P-](F)(F)(F)(F)F. The van der Waals surface area contributed by atoms with Gasteiger partial charge in [0, 0.05) is 0 Å². The van der Waals surface area contributed by atoms with Crippen LogP contribution in [0.5, 0.6) is 0 Å². The van der Waals surface area contributed by atoms with Gasteiger partial charge in [0.25, 0.3) is 0 Å². The van der Waals surface area contributed by atoms with Crippen molar-refractivity contribution in [1.29, 1.82) is 0 Å². The normalized spacial score (nSPS) is 14.7. The molecular formula is C13H13F6PS. The Balaban J connectivity index is 0.000000270. The number of rotatable bonds is 2. The van der Waals surface area contributed by atoms with E-state index in [1.54, 1.807) is 0 Å². The molecule has 118 valence electrons. The molecule has 0 fully saturated rings. The van der Waals surface area contributed by atoms with Crippen LogP contribution in [0.1, 0.15) is 0 Å². The van der Waals surface area contributed by atoms with Crippen LogP contribution >= 0.6 is 7.81 Å². The van der Waals surface area contributed by atoms with Gasteiger partial charge in [0.2, 0.25) is 0 Å². The first kappa shape index (κ1) is 17.9. The van der Waals surface area contributed by atoms with Crippen molar-refractivity contribution in [3.63, 3.8) is 0 Å². The molecule has 0 unspecified atom stereocenters. The second kappa shape index (κ2) is 5.54. The van der Waals surface area contributed by atoms with E-state index in [0.717, 1.165) is 0 Å². The van der Waals surface area contributed by atoms with Crippen molar-refractivity contribution in [1.82, 2.24) is 0 Å². The van der Waals surface area contributed by atoms with Crippen LogP contribution in [-0.4, -0.2) is 6.26 Å². The zero-order valence-corrected chi connectivity index (χ0v) is 12.6. The molecule has 0 aliphatic rings. The Hall–Kier alpha value is -1.20. The van der Waals surface area contributed by atoms with Gasteiger partial charge in [-0.15, -0.1) is 0 Å². The summed E-state index contributed by atoms with van der Waals surface area (Å²) >= 11 is 0. The summed E-state index contributed by atoms with van der Waals surface area (Å²) in [6.07, 6.45) is 2.27. The number of hydrogen-bond donors (Lipinski definition) is 0. The van der Waals surface area contributed by atoms with Gasteiger partial charge in [-0.25, -0.2) is 0 Å². The second-order valence-electron chi connectivity index (χ2n) is 4.09. The molecule has 0 saturated heterocycles. The van der Waals surface area contributed by atoms with Crippen LogP contribution in [0.15, 0.2) is 70.5 Å². The van der Waals surface area contributed by atoms with E-state index in [2.05, 4.69) is 66.9 Å². The first-order chi connectivity index (χ1) is 9.33. The average molecular weight is 346 g/mol. The minimum absolute atomic E-state index is 0.203. The van der Waals surface area contributed by atoms with E-state index >= 15 is 0 Å². The minimum atomic E-state index is -10.7. The van der Waals surface area contributed by atoms with Crippen LogP contribution in [0.25, 0.3) is 0 Å². The number of benzene rings is 2. The van der Waals surface area contributed by atoms with Crippen molar-refractivity contribution in [3.05, 3.63) is 60.7 Å². The van der Waals surface area contributed by atoms with Crippen LogP contribution in [0.2, 0.25) is 0 Å². The van der Waals surface area contributed by atoms with Crippen molar-refractivity contribution in [2.75, 3.05) is 6.26 Å². The van der Waals surface area contributed by atoms with Gasteiger partial charge in [-0.3, -0.25) is 0 Å². The molecule has 0 spiro atoms. The molecular weight excluding hydrogens is 333 g/mol. The first-order valence-corrected chi connectivity index (χ1v) is 9.31. The van der Waals surface area contributed by atoms with Gasteiger partial charge in [-0.1, -0.05) is 36.4 Å². The average Bonchev–Trinajstić information content (AvgIpc) is 2.36. The molecule has 2 rings (SSSR count). The molecule has 0 atom stereocenters. The monoisotopic (exact) mass is 346 g/mol. The van der Waals surface area contributed by atoms with Crippen LogP contribution in [-0.2, 0) is 10.9 Å². The Bertz CT molecular complexity index is 516. The van der Waals surface area contributed by atoms with Gasteiger partial charge < -0.3 is 0 Å². The molecule has 2 aromatic rings. The summed E-state index contributed by atoms with van der Waals surface area (Å²) in [5.74, 6) is 0. The van der Waals surface area contributed by atoms with E-state index in [1.807, 2.05) is 0 Å². The molecule has 8 heteroatoms. The standard InChI is InChI=1S/C13H13S.F6P/c1-14(12-8-4-2-5-9-12)13-10-6-3-7-11-13;1-7(2,3,4,5)6/h2-11H,1H3;/q+1;-1.